The number of anilines is 1. The summed E-state index contributed by atoms with van der Waals surface area (Å²) >= 11 is 0. The Labute approximate surface area is 170 Å². The molecule has 0 saturated carbocycles. The summed E-state index contributed by atoms with van der Waals surface area (Å²) in [6.07, 6.45) is 0.510. The monoisotopic (exact) mass is 396 g/mol. The first-order chi connectivity index (χ1) is 13.7. The van der Waals surface area contributed by atoms with Crippen molar-refractivity contribution in [2.75, 3.05) is 4.90 Å². The summed E-state index contributed by atoms with van der Waals surface area (Å²) in [5.74, 6) is -1.61. The highest BCUT2D eigenvalue weighted by atomic mass is 19.1. The minimum Gasteiger partial charge on any atom is -0.321 e. The third kappa shape index (κ3) is 3.92. The minimum atomic E-state index is -0.907. The van der Waals surface area contributed by atoms with Gasteiger partial charge in [-0.15, -0.1) is 0 Å². The highest BCUT2D eigenvalue weighted by Gasteiger charge is 2.48. The number of amides is 3. The second-order valence-electron chi connectivity index (χ2n) is 7.97. The maximum absolute atomic E-state index is 13.4. The van der Waals surface area contributed by atoms with Crippen LogP contribution < -0.4 is 4.90 Å². The van der Waals surface area contributed by atoms with Gasteiger partial charge in [0.2, 0.25) is 5.91 Å². The van der Waals surface area contributed by atoms with Crippen LogP contribution in [-0.4, -0.2) is 34.2 Å². The number of imide groups is 1. The molecule has 0 aromatic heterocycles. The molecule has 3 rings (SSSR count). The summed E-state index contributed by atoms with van der Waals surface area (Å²) < 4.78 is 13.3. The Morgan fingerprint density at radius 2 is 1.83 bits per heavy atom. The first-order valence-corrected chi connectivity index (χ1v) is 9.68. The van der Waals surface area contributed by atoms with Gasteiger partial charge in [-0.05, 0) is 63.6 Å². The summed E-state index contributed by atoms with van der Waals surface area (Å²) in [5, 5.41) is 0. The Morgan fingerprint density at radius 1 is 1.17 bits per heavy atom. The van der Waals surface area contributed by atoms with Gasteiger partial charge in [-0.25, -0.2) is 9.29 Å². The molecule has 0 aliphatic carbocycles. The van der Waals surface area contributed by atoms with E-state index in [4.69, 9.17) is 0 Å². The average molecular weight is 396 g/mol. The Bertz CT molecular complexity index is 953. The lowest BCUT2D eigenvalue weighted by molar-refractivity contribution is -0.123. The zero-order chi connectivity index (χ0) is 21.3. The zero-order valence-corrected chi connectivity index (χ0v) is 17.1. The van der Waals surface area contributed by atoms with Gasteiger partial charge in [0.1, 0.15) is 11.9 Å². The topological polar surface area (TPSA) is 57.7 Å². The molecular formula is C23H25FN2O3. The first-order valence-electron chi connectivity index (χ1n) is 9.68. The SMILES string of the molecule is CCC(C)(C)N(C(=O)c1cccc(C)c1)C1CC(=O)N(c2ccc(F)cc2)C1=O. The van der Waals surface area contributed by atoms with Crippen LogP contribution in [0.15, 0.2) is 48.5 Å². The summed E-state index contributed by atoms with van der Waals surface area (Å²) in [4.78, 5) is 41.9. The second-order valence-corrected chi connectivity index (χ2v) is 7.97. The van der Waals surface area contributed by atoms with Crippen molar-refractivity contribution in [2.45, 2.75) is 52.1 Å². The molecule has 1 unspecified atom stereocenters. The van der Waals surface area contributed by atoms with E-state index in [1.807, 2.05) is 33.8 Å². The van der Waals surface area contributed by atoms with Crippen molar-refractivity contribution >= 4 is 23.4 Å². The van der Waals surface area contributed by atoms with Crippen LogP contribution in [0.1, 0.15) is 49.5 Å². The van der Waals surface area contributed by atoms with E-state index in [-0.39, 0.29) is 12.3 Å². The van der Waals surface area contributed by atoms with Crippen molar-refractivity contribution in [1.82, 2.24) is 4.90 Å². The van der Waals surface area contributed by atoms with Gasteiger partial charge < -0.3 is 4.90 Å². The van der Waals surface area contributed by atoms with E-state index in [2.05, 4.69) is 0 Å². The molecule has 1 saturated heterocycles. The molecule has 6 heteroatoms. The number of hydrogen-bond donors (Lipinski definition) is 0. The van der Waals surface area contributed by atoms with Gasteiger partial charge in [0.25, 0.3) is 11.8 Å². The summed E-state index contributed by atoms with van der Waals surface area (Å²) in [5.41, 5.74) is 1.08. The Balaban J connectivity index is 2.00. The average Bonchev–Trinajstić information content (AvgIpc) is 2.96. The number of nitrogens with zero attached hydrogens (tertiary/aromatic N) is 2. The van der Waals surface area contributed by atoms with Crippen molar-refractivity contribution in [1.29, 1.82) is 0 Å². The molecule has 1 fully saturated rings. The Morgan fingerprint density at radius 3 is 2.41 bits per heavy atom. The maximum atomic E-state index is 13.4. The molecular weight excluding hydrogens is 371 g/mol. The maximum Gasteiger partial charge on any atom is 0.257 e. The van der Waals surface area contributed by atoms with Crippen LogP contribution in [0.5, 0.6) is 0 Å². The van der Waals surface area contributed by atoms with Crippen LogP contribution in [0.25, 0.3) is 0 Å². The van der Waals surface area contributed by atoms with Crippen LogP contribution in [0.2, 0.25) is 0 Å². The highest BCUT2D eigenvalue weighted by Crippen LogP contribution is 2.32. The van der Waals surface area contributed by atoms with E-state index in [1.165, 1.54) is 29.2 Å². The quantitative estimate of drug-likeness (QED) is 0.715. The third-order valence-corrected chi connectivity index (χ3v) is 5.52. The lowest BCUT2D eigenvalue weighted by atomic mass is 9.94. The molecule has 3 amide bonds. The van der Waals surface area contributed by atoms with Crippen LogP contribution in [0.4, 0.5) is 10.1 Å². The van der Waals surface area contributed by atoms with Crippen LogP contribution >= 0.6 is 0 Å². The van der Waals surface area contributed by atoms with Gasteiger partial charge in [-0.2, -0.15) is 0 Å². The Hall–Kier alpha value is -3.02. The third-order valence-electron chi connectivity index (χ3n) is 5.52. The van der Waals surface area contributed by atoms with Crippen molar-refractivity contribution in [2.24, 2.45) is 0 Å². The van der Waals surface area contributed by atoms with Gasteiger partial charge in [0, 0.05) is 11.1 Å². The zero-order valence-electron chi connectivity index (χ0n) is 17.1. The summed E-state index contributed by atoms with van der Waals surface area (Å²) in [7, 11) is 0. The Kier molecular flexibility index (Phi) is 5.55. The number of aryl methyl sites for hydroxylation is 1. The molecule has 152 valence electrons. The van der Waals surface area contributed by atoms with Gasteiger partial charge in [-0.3, -0.25) is 14.4 Å². The van der Waals surface area contributed by atoms with Gasteiger partial charge in [0.15, 0.2) is 0 Å². The minimum absolute atomic E-state index is 0.100. The van der Waals surface area contributed by atoms with Crippen molar-refractivity contribution < 1.29 is 18.8 Å². The van der Waals surface area contributed by atoms with E-state index >= 15 is 0 Å². The van der Waals surface area contributed by atoms with E-state index in [9.17, 15) is 18.8 Å². The molecule has 29 heavy (non-hydrogen) atoms. The van der Waals surface area contributed by atoms with Crippen molar-refractivity contribution in [3.63, 3.8) is 0 Å². The normalized spacial score (nSPS) is 17.0. The van der Waals surface area contributed by atoms with Crippen molar-refractivity contribution in [3.05, 3.63) is 65.5 Å². The predicted molar refractivity (Wildman–Crippen MR) is 109 cm³/mol. The molecule has 0 spiro atoms. The standard InChI is InChI=1S/C23H25FN2O3/c1-5-23(3,4)26(21(28)16-8-6-7-15(2)13-16)19-14-20(27)25(22(19)29)18-11-9-17(24)10-12-18/h6-13,19H,5,14H2,1-4H3. The molecule has 1 aliphatic heterocycles. The summed E-state index contributed by atoms with van der Waals surface area (Å²) in [6.45, 7) is 7.61. The summed E-state index contributed by atoms with van der Waals surface area (Å²) in [6, 6.07) is 11.5. The number of carbonyl (C=O) groups excluding carboxylic acids is 3. The van der Waals surface area contributed by atoms with E-state index < -0.39 is 29.2 Å². The van der Waals surface area contributed by atoms with Crippen LogP contribution in [0, 0.1) is 12.7 Å². The molecule has 1 atom stereocenters. The number of benzene rings is 2. The predicted octanol–water partition coefficient (Wildman–Crippen LogP) is 4.10. The lowest BCUT2D eigenvalue weighted by Gasteiger charge is -2.41. The van der Waals surface area contributed by atoms with E-state index in [0.29, 0.717) is 17.7 Å². The van der Waals surface area contributed by atoms with Crippen LogP contribution in [-0.2, 0) is 9.59 Å². The number of halogens is 1. The molecule has 2 aromatic carbocycles. The fourth-order valence-corrected chi connectivity index (χ4v) is 3.60. The smallest absolute Gasteiger partial charge is 0.257 e. The molecule has 5 nitrogen and oxygen atoms in total. The van der Waals surface area contributed by atoms with E-state index in [0.717, 1.165) is 10.5 Å². The molecule has 2 aromatic rings. The number of hydrogen-bond acceptors (Lipinski definition) is 3. The molecule has 0 bridgehead atoms. The van der Waals surface area contributed by atoms with Crippen LogP contribution in [0.3, 0.4) is 0 Å². The highest BCUT2D eigenvalue weighted by molar-refractivity contribution is 6.23. The first kappa shape index (κ1) is 20.7. The van der Waals surface area contributed by atoms with Gasteiger partial charge in [-0.1, -0.05) is 24.6 Å². The number of rotatable bonds is 5. The fraction of sp³-hybridized carbons (Fsp3) is 0.348. The van der Waals surface area contributed by atoms with Crippen molar-refractivity contribution in [3.8, 4) is 0 Å². The molecule has 1 aliphatic rings. The largest absolute Gasteiger partial charge is 0.321 e. The molecule has 0 radical (unpaired) electrons. The molecule has 0 N–H and O–H groups in total. The second kappa shape index (κ2) is 7.78. The molecule has 1 heterocycles. The lowest BCUT2D eigenvalue weighted by Crippen LogP contribution is -2.55. The fourth-order valence-electron chi connectivity index (χ4n) is 3.60. The van der Waals surface area contributed by atoms with Gasteiger partial charge in [0.05, 0.1) is 12.1 Å². The number of carbonyl (C=O) groups is 3. The van der Waals surface area contributed by atoms with Gasteiger partial charge >= 0.3 is 0 Å². The van der Waals surface area contributed by atoms with E-state index in [1.54, 1.807) is 18.2 Å².